The molecule has 1 amide bonds. The summed E-state index contributed by atoms with van der Waals surface area (Å²) in [4.78, 5) is 26.5. The summed E-state index contributed by atoms with van der Waals surface area (Å²) < 4.78 is 17.6. The maximum absolute atomic E-state index is 13.4. The van der Waals surface area contributed by atoms with Crippen LogP contribution in [-0.4, -0.2) is 99.6 Å². The van der Waals surface area contributed by atoms with Crippen molar-refractivity contribution in [3.8, 4) is 0 Å². The fourth-order valence-corrected chi connectivity index (χ4v) is 9.25. The molecule has 1 aliphatic heterocycles. The average molecular weight is 1020 g/mol. The predicted octanol–water partition coefficient (Wildman–Crippen LogP) is 13.7. The molecule has 0 bridgehead atoms. The normalized spacial score (nSPS) is 19.8. The second kappa shape index (κ2) is 49.5. The first-order valence-electron chi connectivity index (χ1n) is 29.9. The van der Waals surface area contributed by atoms with Crippen molar-refractivity contribution in [3.63, 3.8) is 0 Å². The zero-order valence-electron chi connectivity index (χ0n) is 46.3. The van der Waals surface area contributed by atoms with E-state index in [0.29, 0.717) is 12.8 Å². The molecule has 0 aromatic heterocycles. The topological polar surface area (TPSA) is 175 Å². The molecule has 8 atom stereocenters. The number of nitrogens with one attached hydrogen (secondary N) is 1. The van der Waals surface area contributed by atoms with E-state index >= 15 is 0 Å². The largest absolute Gasteiger partial charge is 0.454 e. The van der Waals surface area contributed by atoms with Gasteiger partial charge < -0.3 is 45.1 Å². The molecule has 1 aliphatic rings. The van der Waals surface area contributed by atoms with Crippen molar-refractivity contribution in [2.75, 3.05) is 13.2 Å². The Morgan fingerprint density at radius 1 is 0.556 bits per heavy atom. The lowest BCUT2D eigenvalue weighted by Crippen LogP contribution is -2.61. The fraction of sp³-hybridized carbons (Fsp3) is 0.836. The first kappa shape index (κ1) is 67.6. The molecule has 0 saturated carbocycles. The van der Waals surface area contributed by atoms with Gasteiger partial charge in [0.2, 0.25) is 5.91 Å². The summed E-state index contributed by atoms with van der Waals surface area (Å²) in [5, 5.41) is 56.8. The number of hydrogen-bond acceptors (Lipinski definition) is 10. The number of allylic oxidation sites excluding steroid dienone is 7. The number of aliphatic hydroxyl groups excluding tert-OH is 5. The summed E-state index contributed by atoms with van der Waals surface area (Å²) in [5.41, 5.74) is 0. The number of ether oxygens (including phenoxy) is 3. The SMILES string of the molecule is CC/C=C/C/C=C/C/C=C/CCCCCC(O)C(=O)NC(COC1OC(CO)C(O)C(O)C1OC(=O)CCCCCCCCCCCCCCCCCCC)C(O)/C=C/CCCCCCCCCCCCC. The van der Waals surface area contributed by atoms with Gasteiger partial charge in [-0.1, -0.05) is 249 Å². The van der Waals surface area contributed by atoms with Crippen LogP contribution in [0.4, 0.5) is 0 Å². The minimum Gasteiger partial charge on any atom is -0.454 e. The second-order valence-corrected chi connectivity index (χ2v) is 20.7. The minimum atomic E-state index is -1.61. The molecule has 72 heavy (non-hydrogen) atoms. The van der Waals surface area contributed by atoms with Crippen molar-refractivity contribution < 1.29 is 49.3 Å². The van der Waals surface area contributed by atoms with Gasteiger partial charge in [-0.3, -0.25) is 9.59 Å². The van der Waals surface area contributed by atoms with E-state index in [-0.39, 0.29) is 19.4 Å². The van der Waals surface area contributed by atoms with E-state index in [0.717, 1.165) is 77.0 Å². The fourth-order valence-electron chi connectivity index (χ4n) is 9.25. The van der Waals surface area contributed by atoms with Crippen LogP contribution in [0.2, 0.25) is 0 Å². The number of carbonyl (C=O) groups is 2. The Hall–Kier alpha value is -2.38. The quantitative estimate of drug-likeness (QED) is 0.0195. The predicted molar refractivity (Wildman–Crippen MR) is 297 cm³/mol. The van der Waals surface area contributed by atoms with E-state index in [9.17, 15) is 35.1 Å². The van der Waals surface area contributed by atoms with Gasteiger partial charge >= 0.3 is 5.97 Å². The molecule has 1 heterocycles. The number of hydrogen-bond donors (Lipinski definition) is 6. The van der Waals surface area contributed by atoms with Gasteiger partial charge in [-0.25, -0.2) is 0 Å². The molecule has 0 aromatic carbocycles. The van der Waals surface area contributed by atoms with Crippen LogP contribution in [0.25, 0.3) is 0 Å². The van der Waals surface area contributed by atoms with Gasteiger partial charge in [0.05, 0.1) is 25.4 Å². The lowest BCUT2D eigenvalue weighted by molar-refractivity contribution is -0.305. The Morgan fingerprint density at radius 2 is 1.00 bits per heavy atom. The molecule has 11 nitrogen and oxygen atoms in total. The highest BCUT2D eigenvalue weighted by atomic mass is 16.7. The zero-order valence-corrected chi connectivity index (χ0v) is 46.3. The third-order valence-corrected chi connectivity index (χ3v) is 14.0. The van der Waals surface area contributed by atoms with Crippen molar-refractivity contribution in [1.29, 1.82) is 0 Å². The summed E-state index contributed by atoms with van der Waals surface area (Å²) in [5.74, 6) is -1.21. The first-order chi connectivity index (χ1) is 35.2. The van der Waals surface area contributed by atoms with Crippen molar-refractivity contribution in [2.45, 2.75) is 314 Å². The highest BCUT2D eigenvalue weighted by molar-refractivity contribution is 5.80. The summed E-state index contributed by atoms with van der Waals surface area (Å²) in [6, 6.07) is -1.03. The maximum Gasteiger partial charge on any atom is 0.306 e. The standard InChI is InChI=1S/C61H111NO10/c1-4-7-10-13-16-19-22-25-26-27-28-31-34-37-40-43-46-49-56(66)72-59-58(68)57(67)55(50-63)71-61(59)70-51-52(53(64)47-44-41-38-35-32-29-23-20-17-14-11-8-5-2)62-60(69)54(65)48-45-42-39-36-33-30-24-21-18-15-12-9-6-3/h9,12,18,21,30,33,44,47,52-55,57-59,61,63-65,67-68H,4-8,10-11,13-17,19-20,22-29,31-32,34-43,45-46,48-51H2,1-3H3,(H,62,69)/b12-9+,21-18+,33-30+,47-44+. The lowest BCUT2D eigenvalue weighted by Gasteiger charge is -2.41. The third-order valence-electron chi connectivity index (χ3n) is 14.0. The molecular weight excluding hydrogens is 907 g/mol. The number of unbranched alkanes of at least 4 members (excludes halogenated alkanes) is 30. The first-order valence-corrected chi connectivity index (χ1v) is 29.9. The van der Waals surface area contributed by atoms with Crippen LogP contribution in [0.3, 0.4) is 0 Å². The molecule has 6 N–H and O–H groups in total. The second-order valence-electron chi connectivity index (χ2n) is 20.7. The summed E-state index contributed by atoms with van der Waals surface area (Å²) in [7, 11) is 0. The number of carbonyl (C=O) groups excluding carboxylic acids is 2. The van der Waals surface area contributed by atoms with E-state index < -0.39 is 67.4 Å². The Labute approximate surface area is 440 Å². The number of aliphatic hydroxyl groups is 5. The maximum atomic E-state index is 13.4. The van der Waals surface area contributed by atoms with E-state index in [4.69, 9.17) is 14.2 Å². The molecule has 0 aliphatic carbocycles. The minimum absolute atomic E-state index is 0.124. The highest BCUT2D eigenvalue weighted by Gasteiger charge is 2.47. The summed E-state index contributed by atoms with van der Waals surface area (Å²) in [6.45, 7) is 5.67. The van der Waals surface area contributed by atoms with Gasteiger partial charge in [-0.15, -0.1) is 0 Å². The van der Waals surface area contributed by atoms with Crippen LogP contribution in [0.5, 0.6) is 0 Å². The molecule has 420 valence electrons. The van der Waals surface area contributed by atoms with Gasteiger partial charge in [0.1, 0.15) is 24.4 Å². The van der Waals surface area contributed by atoms with E-state index in [1.807, 2.05) is 6.08 Å². The Bertz CT molecular complexity index is 1350. The van der Waals surface area contributed by atoms with Gasteiger partial charge in [0.15, 0.2) is 12.4 Å². The van der Waals surface area contributed by atoms with E-state index in [2.05, 4.69) is 62.5 Å². The molecule has 8 unspecified atom stereocenters. The molecule has 11 heteroatoms. The third kappa shape index (κ3) is 37.4. The number of amides is 1. The van der Waals surface area contributed by atoms with Crippen LogP contribution >= 0.6 is 0 Å². The summed E-state index contributed by atoms with van der Waals surface area (Å²) >= 11 is 0. The van der Waals surface area contributed by atoms with Crippen LogP contribution < -0.4 is 5.32 Å². The molecule has 1 fully saturated rings. The molecule has 1 rings (SSSR count). The van der Waals surface area contributed by atoms with Gasteiger partial charge in [-0.05, 0) is 57.8 Å². The zero-order chi connectivity index (χ0) is 52.5. The van der Waals surface area contributed by atoms with Gasteiger partial charge in [-0.2, -0.15) is 0 Å². The van der Waals surface area contributed by atoms with E-state index in [1.54, 1.807) is 6.08 Å². The van der Waals surface area contributed by atoms with E-state index in [1.165, 1.54) is 141 Å². The lowest BCUT2D eigenvalue weighted by atomic mass is 9.99. The van der Waals surface area contributed by atoms with Crippen LogP contribution in [0.15, 0.2) is 48.6 Å². The van der Waals surface area contributed by atoms with Crippen molar-refractivity contribution in [1.82, 2.24) is 5.32 Å². The average Bonchev–Trinajstić information content (AvgIpc) is 3.38. The molecular formula is C61H111NO10. The number of esters is 1. The Balaban J connectivity index is 2.72. The highest BCUT2D eigenvalue weighted by Crippen LogP contribution is 2.26. The molecule has 0 spiro atoms. The van der Waals surface area contributed by atoms with Crippen LogP contribution in [-0.2, 0) is 23.8 Å². The summed E-state index contributed by atoms with van der Waals surface area (Å²) in [6.07, 6.45) is 48.7. The van der Waals surface area contributed by atoms with Gasteiger partial charge in [0, 0.05) is 6.42 Å². The molecule has 0 radical (unpaired) electrons. The van der Waals surface area contributed by atoms with Gasteiger partial charge in [0.25, 0.3) is 0 Å². The smallest absolute Gasteiger partial charge is 0.306 e. The van der Waals surface area contributed by atoms with Crippen molar-refractivity contribution in [3.05, 3.63) is 48.6 Å². The van der Waals surface area contributed by atoms with Crippen LogP contribution in [0.1, 0.15) is 265 Å². The Kier molecular flexibility index (Phi) is 46.5. The Morgan fingerprint density at radius 3 is 1.50 bits per heavy atom. The van der Waals surface area contributed by atoms with Crippen molar-refractivity contribution in [2.24, 2.45) is 0 Å². The monoisotopic (exact) mass is 1020 g/mol. The molecule has 0 aromatic rings. The molecule has 1 saturated heterocycles. The number of rotatable bonds is 50. The van der Waals surface area contributed by atoms with Crippen molar-refractivity contribution >= 4 is 11.9 Å². The van der Waals surface area contributed by atoms with Crippen LogP contribution in [0, 0.1) is 0 Å².